The smallest absolute Gasteiger partial charge is 0.328 e. The molecule has 0 saturated carbocycles. The molecule has 0 spiro atoms. The minimum Gasteiger partial charge on any atom is -0.480 e. The fourth-order valence-corrected chi connectivity index (χ4v) is 1.87. The van der Waals surface area contributed by atoms with Gasteiger partial charge >= 0.3 is 5.97 Å². The molecule has 1 fully saturated rings. The highest BCUT2D eigenvalue weighted by Gasteiger charge is 2.21. The van der Waals surface area contributed by atoms with Gasteiger partial charge in [0, 0.05) is 31.0 Å². The summed E-state index contributed by atoms with van der Waals surface area (Å²) in [5.74, 6) is -0.637. The Morgan fingerprint density at radius 3 is 2.88 bits per heavy atom. The van der Waals surface area contributed by atoms with E-state index in [4.69, 9.17) is 15.6 Å². The largest absolute Gasteiger partial charge is 0.480 e. The fourth-order valence-electron chi connectivity index (χ4n) is 1.87. The van der Waals surface area contributed by atoms with Crippen LogP contribution in [-0.2, 0) is 9.53 Å². The van der Waals surface area contributed by atoms with Gasteiger partial charge < -0.3 is 15.6 Å². The van der Waals surface area contributed by atoms with Crippen LogP contribution in [0.25, 0.3) is 0 Å². The van der Waals surface area contributed by atoms with Crippen molar-refractivity contribution in [3.8, 4) is 0 Å². The first-order chi connectivity index (χ1) is 8.18. The van der Waals surface area contributed by atoms with Crippen molar-refractivity contribution >= 4 is 5.97 Å². The van der Waals surface area contributed by atoms with Gasteiger partial charge in [-0.25, -0.2) is 9.97 Å². The number of hydrogen-bond acceptors (Lipinski definition) is 5. The van der Waals surface area contributed by atoms with Crippen LogP contribution in [0.3, 0.4) is 0 Å². The van der Waals surface area contributed by atoms with E-state index in [1.165, 1.54) is 0 Å². The summed E-state index contributed by atoms with van der Waals surface area (Å²) >= 11 is 0. The van der Waals surface area contributed by atoms with Crippen molar-refractivity contribution in [1.82, 2.24) is 9.97 Å². The van der Waals surface area contributed by atoms with E-state index in [2.05, 4.69) is 9.97 Å². The number of rotatable bonds is 3. The molecule has 6 heteroatoms. The second kappa shape index (κ2) is 5.20. The molecular formula is C11H15N3O3. The number of hydrogen-bond donors (Lipinski definition) is 2. The maximum absolute atomic E-state index is 10.8. The molecule has 0 radical (unpaired) electrons. The number of nitrogens with two attached hydrogens (primary N) is 1. The minimum absolute atomic E-state index is 0.168. The molecule has 0 aromatic carbocycles. The summed E-state index contributed by atoms with van der Waals surface area (Å²) in [7, 11) is 0. The van der Waals surface area contributed by atoms with E-state index in [9.17, 15) is 4.79 Å². The lowest BCUT2D eigenvalue weighted by atomic mass is 9.96. The molecule has 3 N–H and O–H groups in total. The second-order valence-corrected chi connectivity index (χ2v) is 4.04. The quantitative estimate of drug-likeness (QED) is 0.792. The van der Waals surface area contributed by atoms with Crippen molar-refractivity contribution in [1.29, 1.82) is 0 Å². The standard InChI is InChI=1S/C11H15N3O3/c12-9(11(15)16)10-13-4-1-8(14-10)7-2-5-17-6-3-7/h1,4,7,9H,2-3,5-6,12H2,(H,15,16). The van der Waals surface area contributed by atoms with Gasteiger partial charge in [0.25, 0.3) is 0 Å². The topological polar surface area (TPSA) is 98.3 Å². The van der Waals surface area contributed by atoms with Crippen LogP contribution in [0.2, 0.25) is 0 Å². The van der Waals surface area contributed by atoms with Crippen molar-refractivity contribution in [2.45, 2.75) is 24.8 Å². The molecule has 1 unspecified atom stereocenters. The van der Waals surface area contributed by atoms with Crippen LogP contribution in [0.5, 0.6) is 0 Å². The number of carboxylic acids is 1. The van der Waals surface area contributed by atoms with Gasteiger partial charge in [-0.05, 0) is 18.9 Å². The van der Waals surface area contributed by atoms with Gasteiger partial charge in [-0.15, -0.1) is 0 Å². The lowest BCUT2D eigenvalue weighted by molar-refractivity contribution is -0.138. The van der Waals surface area contributed by atoms with Crippen molar-refractivity contribution < 1.29 is 14.6 Å². The van der Waals surface area contributed by atoms with Crippen LogP contribution in [0.1, 0.15) is 36.3 Å². The van der Waals surface area contributed by atoms with E-state index in [-0.39, 0.29) is 5.82 Å². The van der Waals surface area contributed by atoms with Gasteiger partial charge in [-0.2, -0.15) is 0 Å². The van der Waals surface area contributed by atoms with Gasteiger partial charge in [0.05, 0.1) is 0 Å². The van der Waals surface area contributed by atoms with Crippen molar-refractivity contribution in [3.63, 3.8) is 0 Å². The normalized spacial score (nSPS) is 18.9. The third-order valence-corrected chi connectivity index (χ3v) is 2.88. The van der Waals surface area contributed by atoms with Crippen molar-refractivity contribution in [3.05, 3.63) is 23.8 Å². The highest BCUT2D eigenvalue weighted by atomic mass is 16.5. The summed E-state index contributed by atoms with van der Waals surface area (Å²) in [6.07, 6.45) is 3.37. The molecule has 1 aromatic heterocycles. The summed E-state index contributed by atoms with van der Waals surface area (Å²) in [5.41, 5.74) is 6.34. The van der Waals surface area contributed by atoms with Gasteiger partial charge in [-0.1, -0.05) is 0 Å². The Bertz CT molecular complexity index is 405. The average molecular weight is 237 g/mol. The maximum Gasteiger partial charge on any atom is 0.328 e. The van der Waals surface area contributed by atoms with E-state index < -0.39 is 12.0 Å². The Balaban J connectivity index is 2.18. The predicted molar refractivity (Wildman–Crippen MR) is 59.4 cm³/mol. The first kappa shape index (κ1) is 11.9. The van der Waals surface area contributed by atoms with E-state index >= 15 is 0 Å². The highest BCUT2D eigenvalue weighted by Crippen LogP contribution is 2.25. The Kier molecular flexibility index (Phi) is 3.65. The Labute approximate surface area is 98.8 Å². The molecular weight excluding hydrogens is 222 g/mol. The van der Waals surface area contributed by atoms with E-state index in [1.54, 1.807) is 6.20 Å². The number of aromatic nitrogens is 2. The van der Waals surface area contributed by atoms with Crippen LogP contribution >= 0.6 is 0 Å². The third kappa shape index (κ3) is 2.78. The molecule has 17 heavy (non-hydrogen) atoms. The van der Waals surface area contributed by atoms with Crippen LogP contribution in [0.15, 0.2) is 12.3 Å². The predicted octanol–water partition coefficient (Wildman–Crippen LogP) is 0.455. The third-order valence-electron chi connectivity index (χ3n) is 2.88. The van der Waals surface area contributed by atoms with Crippen molar-refractivity contribution in [2.24, 2.45) is 5.73 Å². The number of nitrogens with zero attached hydrogens (tertiary/aromatic N) is 2. The molecule has 1 saturated heterocycles. The summed E-state index contributed by atoms with van der Waals surface area (Å²) in [6, 6.07) is 0.656. The van der Waals surface area contributed by atoms with Crippen LogP contribution in [0.4, 0.5) is 0 Å². The highest BCUT2D eigenvalue weighted by molar-refractivity contribution is 5.73. The molecule has 92 valence electrons. The lowest BCUT2D eigenvalue weighted by Gasteiger charge is -2.21. The van der Waals surface area contributed by atoms with Crippen LogP contribution in [-0.4, -0.2) is 34.3 Å². The van der Waals surface area contributed by atoms with E-state index in [0.29, 0.717) is 5.92 Å². The summed E-state index contributed by atoms with van der Waals surface area (Å²) in [6.45, 7) is 1.43. The first-order valence-electron chi connectivity index (χ1n) is 5.57. The maximum atomic E-state index is 10.8. The molecule has 0 aliphatic carbocycles. The average Bonchev–Trinajstić information content (AvgIpc) is 2.39. The summed E-state index contributed by atoms with van der Waals surface area (Å²) in [5, 5.41) is 8.81. The van der Waals surface area contributed by atoms with Gasteiger partial charge in [0.1, 0.15) is 0 Å². The zero-order valence-corrected chi connectivity index (χ0v) is 9.37. The number of ether oxygens (including phenoxy) is 1. The zero-order valence-electron chi connectivity index (χ0n) is 9.37. The second-order valence-electron chi connectivity index (χ2n) is 4.04. The number of aliphatic carboxylic acids is 1. The molecule has 1 aromatic rings. The van der Waals surface area contributed by atoms with Crippen LogP contribution < -0.4 is 5.73 Å². The molecule has 2 rings (SSSR count). The van der Waals surface area contributed by atoms with Gasteiger partial charge in [0.2, 0.25) is 0 Å². The fraction of sp³-hybridized carbons (Fsp3) is 0.545. The van der Waals surface area contributed by atoms with Gasteiger partial charge in [0.15, 0.2) is 11.9 Å². The lowest BCUT2D eigenvalue weighted by Crippen LogP contribution is -2.24. The Morgan fingerprint density at radius 1 is 1.53 bits per heavy atom. The molecule has 1 aliphatic heterocycles. The molecule has 0 bridgehead atoms. The number of carboxylic acid groups (broad SMARTS) is 1. The minimum atomic E-state index is -1.16. The summed E-state index contributed by atoms with van der Waals surface area (Å²) in [4.78, 5) is 18.9. The molecule has 2 heterocycles. The molecule has 1 aliphatic rings. The van der Waals surface area contributed by atoms with Crippen LogP contribution in [0, 0.1) is 0 Å². The monoisotopic (exact) mass is 237 g/mol. The molecule has 0 amide bonds. The van der Waals surface area contributed by atoms with Crippen molar-refractivity contribution in [2.75, 3.05) is 13.2 Å². The zero-order chi connectivity index (χ0) is 12.3. The van der Waals surface area contributed by atoms with E-state index in [0.717, 1.165) is 31.7 Å². The Morgan fingerprint density at radius 2 is 2.24 bits per heavy atom. The first-order valence-corrected chi connectivity index (χ1v) is 5.57. The van der Waals surface area contributed by atoms with Gasteiger partial charge in [-0.3, -0.25) is 4.79 Å². The number of carbonyl (C=O) groups is 1. The molecule has 1 atom stereocenters. The van der Waals surface area contributed by atoms with E-state index in [1.807, 2.05) is 6.07 Å². The molecule has 6 nitrogen and oxygen atoms in total. The summed E-state index contributed by atoms with van der Waals surface area (Å²) < 4.78 is 5.27. The Hall–Kier alpha value is -1.53. The SMILES string of the molecule is NC(C(=O)O)c1nccc(C2CCOCC2)n1.